The van der Waals surface area contributed by atoms with Crippen molar-refractivity contribution in [2.24, 2.45) is 0 Å². The Morgan fingerprint density at radius 1 is 1.20 bits per heavy atom. The van der Waals surface area contributed by atoms with Crippen molar-refractivity contribution in [1.29, 1.82) is 0 Å². The molecule has 3 N–H and O–H groups in total. The lowest BCUT2D eigenvalue weighted by Crippen LogP contribution is -2.51. The van der Waals surface area contributed by atoms with E-state index in [0.717, 1.165) is 5.56 Å². The van der Waals surface area contributed by atoms with Crippen molar-refractivity contribution in [1.82, 2.24) is 15.5 Å². The SMILES string of the molecule is CC(C)(C)OC(=O)N1CCC[C@H]1C(=O)NCC(=O)N[C@H](Cc1ccccc1)C(=O)O. The van der Waals surface area contributed by atoms with Crippen LogP contribution in [0.5, 0.6) is 0 Å². The van der Waals surface area contributed by atoms with Crippen molar-refractivity contribution in [3.05, 3.63) is 35.9 Å². The molecule has 9 heteroatoms. The Bertz CT molecular complexity index is 775. The molecule has 2 atom stereocenters. The molecular formula is C21H29N3O6. The summed E-state index contributed by atoms with van der Waals surface area (Å²) in [4.78, 5) is 49.8. The quantitative estimate of drug-likeness (QED) is 0.612. The first-order chi connectivity index (χ1) is 14.1. The monoisotopic (exact) mass is 419 g/mol. The minimum Gasteiger partial charge on any atom is -0.480 e. The molecule has 1 fully saturated rings. The Morgan fingerprint density at radius 2 is 1.87 bits per heavy atom. The minimum atomic E-state index is -1.16. The van der Waals surface area contributed by atoms with Gasteiger partial charge in [0.15, 0.2) is 0 Å². The third kappa shape index (κ3) is 7.06. The molecule has 0 saturated carbocycles. The Morgan fingerprint density at radius 3 is 2.47 bits per heavy atom. The van der Waals surface area contributed by atoms with Gasteiger partial charge in [0, 0.05) is 13.0 Å². The summed E-state index contributed by atoms with van der Waals surface area (Å²) in [5, 5.41) is 14.3. The fourth-order valence-corrected chi connectivity index (χ4v) is 3.16. The van der Waals surface area contributed by atoms with E-state index < -0.39 is 41.6 Å². The number of ether oxygens (including phenoxy) is 1. The van der Waals surface area contributed by atoms with Crippen LogP contribution in [0.15, 0.2) is 30.3 Å². The molecule has 1 heterocycles. The number of carboxylic acids is 1. The number of carboxylic acid groups (broad SMARTS) is 1. The molecule has 3 amide bonds. The van der Waals surface area contributed by atoms with Crippen LogP contribution in [0.4, 0.5) is 4.79 Å². The number of amides is 3. The number of carbonyl (C=O) groups excluding carboxylic acids is 3. The molecule has 2 rings (SSSR count). The van der Waals surface area contributed by atoms with Crippen LogP contribution in [0.2, 0.25) is 0 Å². The van der Waals surface area contributed by atoms with Gasteiger partial charge >= 0.3 is 12.1 Å². The van der Waals surface area contributed by atoms with Crippen molar-refractivity contribution in [3.8, 4) is 0 Å². The largest absolute Gasteiger partial charge is 0.480 e. The third-order valence-corrected chi connectivity index (χ3v) is 4.52. The van der Waals surface area contributed by atoms with Gasteiger partial charge in [-0.2, -0.15) is 0 Å². The maximum atomic E-state index is 12.5. The van der Waals surface area contributed by atoms with Gasteiger partial charge < -0.3 is 20.5 Å². The van der Waals surface area contributed by atoms with Crippen LogP contribution in [0.25, 0.3) is 0 Å². The highest BCUT2D eigenvalue weighted by Crippen LogP contribution is 2.20. The molecule has 0 aromatic heterocycles. The predicted octanol–water partition coefficient (Wildman–Crippen LogP) is 1.31. The molecule has 1 aromatic rings. The van der Waals surface area contributed by atoms with Crippen LogP contribution in [0.3, 0.4) is 0 Å². The summed E-state index contributed by atoms with van der Waals surface area (Å²) in [5.41, 5.74) is 0.0961. The summed E-state index contributed by atoms with van der Waals surface area (Å²) >= 11 is 0. The van der Waals surface area contributed by atoms with E-state index in [2.05, 4.69) is 10.6 Å². The zero-order valence-electron chi connectivity index (χ0n) is 17.5. The zero-order chi connectivity index (χ0) is 22.3. The van der Waals surface area contributed by atoms with Gasteiger partial charge in [-0.1, -0.05) is 30.3 Å². The van der Waals surface area contributed by atoms with E-state index >= 15 is 0 Å². The van der Waals surface area contributed by atoms with Gasteiger partial charge in [0.25, 0.3) is 0 Å². The Labute approximate surface area is 175 Å². The fraction of sp³-hybridized carbons (Fsp3) is 0.524. The topological polar surface area (TPSA) is 125 Å². The lowest BCUT2D eigenvalue weighted by atomic mass is 10.1. The summed E-state index contributed by atoms with van der Waals surface area (Å²) in [6, 6.07) is 7.11. The van der Waals surface area contributed by atoms with Gasteiger partial charge in [-0.05, 0) is 39.2 Å². The Balaban J connectivity index is 1.87. The first kappa shape index (κ1) is 23.2. The molecular weight excluding hydrogens is 390 g/mol. The smallest absolute Gasteiger partial charge is 0.410 e. The zero-order valence-corrected chi connectivity index (χ0v) is 17.5. The van der Waals surface area contributed by atoms with Gasteiger partial charge in [0.1, 0.15) is 17.7 Å². The molecule has 1 saturated heterocycles. The molecule has 30 heavy (non-hydrogen) atoms. The predicted molar refractivity (Wildman–Crippen MR) is 109 cm³/mol. The van der Waals surface area contributed by atoms with Crippen LogP contribution in [-0.4, -0.2) is 64.7 Å². The lowest BCUT2D eigenvalue weighted by molar-refractivity contribution is -0.141. The van der Waals surface area contributed by atoms with E-state index in [9.17, 15) is 24.3 Å². The first-order valence-corrected chi connectivity index (χ1v) is 9.90. The molecule has 1 aliphatic rings. The van der Waals surface area contributed by atoms with Gasteiger partial charge in [-0.15, -0.1) is 0 Å². The number of aliphatic carboxylic acids is 1. The van der Waals surface area contributed by atoms with E-state index in [1.165, 1.54) is 4.90 Å². The normalized spacial score (nSPS) is 17.2. The first-order valence-electron chi connectivity index (χ1n) is 9.90. The number of likely N-dealkylation sites (tertiary alicyclic amines) is 1. The van der Waals surface area contributed by atoms with Gasteiger partial charge in [-0.3, -0.25) is 14.5 Å². The fourth-order valence-electron chi connectivity index (χ4n) is 3.16. The average molecular weight is 419 g/mol. The number of hydrogen-bond acceptors (Lipinski definition) is 5. The number of carbonyl (C=O) groups is 4. The molecule has 0 aliphatic carbocycles. The van der Waals surface area contributed by atoms with E-state index in [1.54, 1.807) is 45.0 Å². The summed E-state index contributed by atoms with van der Waals surface area (Å²) in [5.74, 6) is -2.25. The van der Waals surface area contributed by atoms with Crippen molar-refractivity contribution in [2.45, 2.75) is 57.7 Å². The maximum absolute atomic E-state index is 12.5. The summed E-state index contributed by atoms with van der Waals surface area (Å²) in [7, 11) is 0. The standard InChI is InChI=1S/C21H29N3O6/c1-21(2,3)30-20(29)24-11-7-10-16(24)18(26)22-13-17(25)23-15(19(27)28)12-14-8-5-4-6-9-14/h4-6,8-9,15-16H,7,10-13H2,1-3H3,(H,22,26)(H,23,25)(H,27,28)/t15-,16+/m1/s1. The molecule has 0 radical (unpaired) electrons. The highest BCUT2D eigenvalue weighted by Gasteiger charge is 2.36. The van der Waals surface area contributed by atoms with Crippen LogP contribution in [0, 0.1) is 0 Å². The molecule has 0 unspecified atom stereocenters. The Kier molecular flexibility index (Phi) is 7.79. The van der Waals surface area contributed by atoms with Crippen LogP contribution < -0.4 is 10.6 Å². The Hall–Kier alpha value is -3.10. The number of nitrogens with zero attached hydrogens (tertiary/aromatic N) is 1. The highest BCUT2D eigenvalue weighted by molar-refractivity contribution is 5.91. The van der Waals surface area contributed by atoms with Crippen molar-refractivity contribution in [2.75, 3.05) is 13.1 Å². The minimum absolute atomic E-state index is 0.130. The van der Waals surface area contributed by atoms with Crippen LogP contribution in [-0.2, 0) is 25.5 Å². The number of rotatable bonds is 7. The maximum Gasteiger partial charge on any atom is 0.410 e. The number of nitrogens with one attached hydrogen (secondary N) is 2. The van der Waals surface area contributed by atoms with E-state index in [1.807, 2.05) is 6.07 Å². The number of hydrogen-bond donors (Lipinski definition) is 3. The molecule has 9 nitrogen and oxygen atoms in total. The molecule has 0 spiro atoms. The lowest BCUT2D eigenvalue weighted by Gasteiger charge is -2.28. The van der Waals surface area contributed by atoms with Crippen molar-refractivity contribution < 1.29 is 29.0 Å². The third-order valence-electron chi connectivity index (χ3n) is 4.52. The molecule has 1 aliphatic heterocycles. The summed E-state index contributed by atoms with van der Waals surface area (Å²) in [6.45, 7) is 5.26. The molecule has 0 bridgehead atoms. The van der Waals surface area contributed by atoms with E-state index in [0.29, 0.717) is 19.4 Å². The summed E-state index contributed by atoms with van der Waals surface area (Å²) < 4.78 is 5.33. The van der Waals surface area contributed by atoms with Crippen molar-refractivity contribution >= 4 is 23.9 Å². The number of benzene rings is 1. The van der Waals surface area contributed by atoms with Gasteiger partial charge in [-0.25, -0.2) is 9.59 Å². The second-order valence-electron chi connectivity index (χ2n) is 8.20. The average Bonchev–Trinajstić information content (AvgIpc) is 3.15. The molecule has 164 valence electrons. The molecule has 1 aromatic carbocycles. The second-order valence-corrected chi connectivity index (χ2v) is 8.20. The summed E-state index contributed by atoms with van der Waals surface area (Å²) in [6.07, 6.45) is 0.684. The van der Waals surface area contributed by atoms with E-state index in [-0.39, 0.29) is 13.0 Å². The second kappa shape index (κ2) is 10.1. The van der Waals surface area contributed by atoms with Crippen LogP contribution >= 0.6 is 0 Å². The van der Waals surface area contributed by atoms with E-state index in [4.69, 9.17) is 4.74 Å². The van der Waals surface area contributed by atoms with Gasteiger partial charge in [0.2, 0.25) is 11.8 Å². The van der Waals surface area contributed by atoms with Crippen LogP contribution in [0.1, 0.15) is 39.2 Å². The highest BCUT2D eigenvalue weighted by atomic mass is 16.6. The van der Waals surface area contributed by atoms with Gasteiger partial charge in [0.05, 0.1) is 6.54 Å². The van der Waals surface area contributed by atoms with Crippen molar-refractivity contribution in [3.63, 3.8) is 0 Å².